The number of hydrogen-bond acceptors (Lipinski definition) is 3. The average molecular weight is 385 g/mol. The molecule has 4 rings (SSSR count). The highest BCUT2D eigenvalue weighted by Gasteiger charge is 2.28. The first-order valence-corrected chi connectivity index (χ1v) is 10.9. The first-order valence-electron chi connectivity index (χ1n) is 9.26. The highest BCUT2D eigenvalue weighted by atomic mass is 32.2. The van der Waals surface area contributed by atoms with Crippen LogP contribution in [0.5, 0.6) is 5.75 Å². The van der Waals surface area contributed by atoms with Crippen molar-refractivity contribution in [3.8, 4) is 5.75 Å². The van der Waals surface area contributed by atoms with Crippen LogP contribution in [-0.4, -0.2) is 37.1 Å². The summed E-state index contributed by atoms with van der Waals surface area (Å²) in [5.74, 6) is 1.01. The molecule has 142 valence electrons. The summed E-state index contributed by atoms with van der Waals surface area (Å²) in [5.41, 5.74) is 4.41. The third-order valence-corrected chi connectivity index (χ3v) is 7.15. The number of aromatic nitrogens is 1. The molecule has 0 aliphatic carbocycles. The molecule has 27 heavy (non-hydrogen) atoms. The zero-order valence-corrected chi connectivity index (χ0v) is 16.3. The molecule has 3 aromatic rings. The fraction of sp³-hybridized carbons (Fsp3) is 0.333. The maximum Gasteiger partial charge on any atom is 0.214 e. The minimum Gasteiger partial charge on any atom is -0.497 e. The van der Waals surface area contributed by atoms with Gasteiger partial charge in [-0.15, -0.1) is 0 Å². The van der Waals surface area contributed by atoms with Crippen LogP contribution in [0.1, 0.15) is 23.2 Å². The van der Waals surface area contributed by atoms with Gasteiger partial charge in [-0.25, -0.2) is 8.42 Å². The first-order chi connectivity index (χ1) is 13.1. The van der Waals surface area contributed by atoms with Gasteiger partial charge >= 0.3 is 0 Å². The van der Waals surface area contributed by atoms with E-state index in [1.54, 1.807) is 11.4 Å². The Balaban J connectivity index is 1.46. The number of fused-ring (bicyclic) bond motifs is 3. The normalized spacial score (nSPS) is 15.0. The Morgan fingerprint density at radius 3 is 2.74 bits per heavy atom. The molecule has 2 aromatic carbocycles. The van der Waals surface area contributed by atoms with Crippen LogP contribution in [-0.2, 0) is 29.4 Å². The number of sulfonamides is 1. The summed E-state index contributed by atoms with van der Waals surface area (Å²) < 4.78 is 32.5. The molecule has 0 unspecified atom stereocenters. The number of aryl methyl sites for hydroxylation is 1. The van der Waals surface area contributed by atoms with Crippen molar-refractivity contribution >= 4 is 20.9 Å². The minimum absolute atomic E-state index is 0.186. The molecule has 0 atom stereocenters. The molecule has 6 heteroatoms. The Labute approximate surface area is 160 Å². The van der Waals surface area contributed by atoms with Gasteiger partial charge in [0.1, 0.15) is 5.75 Å². The van der Waals surface area contributed by atoms with E-state index in [4.69, 9.17) is 4.74 Å². The minimum atomic E-state index is -3.26. The van der Waals surface area contributed by atoms with Gasteiger partial charge < -0.3 is 9.72 Å². The van der Waals surface area contributed by atoms with Gasteiger partial charge in [-0.1, -0.05) is 30.3 Å². The lowest BCUT2D eigenvalue weighted by Gasteiger charge is -2.26. The van der Waals surface area contributed by atoms with Gasteiger partial charge in [0, 0.05) is 23.1 Å². The molecule has 1 aliphatic heterocycles. The lowest BCUT2D eigenvalue weighted by Crippen LogP contribution is -2.37. The predicted molar refractivity (Wildman–Crippen MR) is 108 cm³/mol. The van der Waals surface area contributed by atoms with E-state index in [2.05, 4.69) is 4.98 Å². The van der Waals surface area contributed by atoms with Crippen molar-refractivity contribution in [1.29, 1.82) is 0 Å². The molecule has 0 fully saturated rings. The Kier molecular flexibility index (Phi) is 4.93. The van der Waals surface area contributed by atoms with Crippen LogP contribution < -0.4 is 4.74 Å². The van der Waals surface area contributed by atoms with Gasteiger partial charge in [0.2, 0.25) is 10.0 Å². The SMILES string of the molecule is COc1ccc2[nH]c3c(c2c1)CCN(S(=O)(=O)CCCc1ccccc1)C3. The number of rotatable bonds is 6. The number of benzene rings is 2. The highest BCUT2D eigenvalue weighted by molar-refractivity contribution is 7.89. The maximum absolute atomic E-state index is 12.8. The average Bonchev–Trinajstić information content (AvgIpc) is 3.05. The second-order valence-corrected chi connectivity index (χ2v) is 9.07. The number of ether oxygens (including phenoxy) is 1. The lowest BCUT2D eigenvalue weighted by molar-refractivity contribution is 0.387. The van der Waals surface area contributed by atoms with E-state index in [0.717, 1.165) is 35.2 Å². The number of methoxy groups -OCH3 is 1. The number of hydrogen-bond donors (Lipinski definition) is 1. The third kappa shape index (κ3) is 3.73. The summed E-state index contributed by atoms with van der Waals surface area (Å²) in [7, 11) is -1.60. The van der Waals surface area contributed by atoms with E-state index < -0.39 is 10.0 Å². The van der Waals surface area contributed by atoms with Gasteiger partial charge in [0.05, 0.1) is 19.4 Å². The van der Waals surface area contributed by atoms with E-state index in [9.17, 15) is 8.42 Å². The summed E-state index contributed by atoms with van der Waals surface area (Å²) in [6.45, 7) is 0.949. The summed E-state index contributed by atoms with van der Waals surface area (Å²) in [5, 5.41) is 1.13. The zero-order valence-electron chi connectivity index (χ0n) is 15.4. The topological polar surface area (TPSA) is 62.4 Å². The number of nitrogens with zero attached hydrogens (tertiary/aromatic N) is 1. The van der Waals surface area contributed by atoms with Crippen molar-refractivity contribution in [2.24, 2.45) is 0 Å². The lowest BCUT2D eigenvalue weighted by atomic mass is 10.0. The highest BCUT2D eigenvalue weighted by Crippen LogP contribution is 2.31. The van der Waals surface area contributed by atoms with E-state index >= 15 is 0 Å². The van der Waals surface area contributed by atoms with Crippen LogP contribution in [0, 0.1) is 0 Å². The van der Waals surface area contributed by atoms with E-state index in [1.807, 2.05) is 48.5 Å². The molecule has 0 saturated carbocycles. The van der Waals surface area contributed by atoms with Crippen LogP contribution in [0.4, 0.5) is 0 Å². The number of aromatic amines is 1. The summed E-state index contributed by atoms with van der Waals surface area (Å²) in [6.07, 6.45) is 2.14. The van der Waals surface area contributed by atoms with Crippen molar-refractivity contribution in [2.45, 2.75) is 25.8 Å². The molecule has 1 aliphatic rings. The van der Waals surface area contributed by atoms with Crippen molar-refractivity contribution < 1.29 is 13.2 Å². The Morgan fingerprint density at radius 1 is 1.15 bits per heavy atom. The van der Waals surface area contributed by atoms with Crippen LogP contribution in [0.3, 0.4) is 0 Å². The van der Waals surface area contributed by atoms with E-state index in [0.29, 0.717) is 19.5 Å². The van der Waals surface area contributed by atoms with Crippen LogP contribution in [0.2, 0.25) is 0 Å². The summed E-state index contributed by atoms with van der Waals surface area (Å²) in [6, 6.07) is 16.0. The fourth-order valence-corrected chi connectivity index (χ4v) is 5.25. The van der Waals surface area contributed by atoms with Crippen LogP contribution >= 0.6 is 0 Å². The van der Waals surface area contributed by atoms with E-state index in [1.165, 1.54) is 11.1 Å². The molecule has 2 heterocycles. The molecule has 0 spiro atoms. The number of nitrogens with one attached hydrogen (secondary N) is 1. The van der Waals surface area contributed by atoms with Gasteiger partial charge in [-0.05, 0) is 48.6 Å². The molecule has 0 saturated heterocycles. The van der Waals surface area contributed by atoms with Crippen molar-refractivity contribution in [1.82, 2.24) is 9.29 Å². The smallest absolute Gasteiger partial charge is 0.214 e. The van der Waals surface area contributed by atoms with Crippen molar-refractivity contribution in [2.75, 3.05) is 19.4 Å². The predicted octanol–water partition coefficient (Wildman–Crippen LogP) is 3.50. The molecular formula is C21H24N2O3S. The quantitative estimate of drug-likeness (QED) is 0.708. The molecule has 0 bridgehead atoms. The molecule has 0 amide bonds. The van der Waals surface area contributed by atoms with Gasteiger partial charge in [0.25, 0.3) is 0 Å². The van der Waals surface area contributed by atoms with Gasteiger partial charge in [-0.2, -0.15) is 4.31 Å². The zero-order chi connectivity index (χ0) is 18.9. The monoisotopic (exact) mass is 384 g/mol. The molecule has 1 N–H and O–H groups in total. The molecule has 0 radical (unpaired) electrons. The summed E-state index contributed by atoms with van der Waals surface area (Å²) >= 11 is 0. The van der Waals surface area contributed by atoms with Crippen LogP contribution in [0.15, 0.2) is 48.5 Å². The number of H-pyrrole nitrogens is 1. The molecule has 5 nitrogen and oxygen atoms in total. The fourth-order valence-electron chi connectivity index (χ4n) is 3.79. The summed E-state index contributed by atoms with van der Waals surface area (Å²) in [4.78, 5) is 3.39. The Hall–Kier alpha value is -2.31. The maximum atomic E-state index is 12.8. The van der Waals surface area contributed by atoms with Crippen molar-refractivity contribution in [3.63, 3.8) is 0 Å². The Morgan fingerprint density at radius 2 is 1.96 bits per heavy atom. The largest absolute Gasteiger partial charge is 0.497 e. The van der Waals surface area contributed by atoms with Crippen LogP contribution in [0.25, 0.3) is 10.9 Å². The molecule has 1 aromatic heterocycles. The van der Waals surface area contributed by atoms with Gasteiger partial charge in [-0.3, -0.25) is 0 Å². The Bertz CT molecular complexity index is 1040. The van der Waals surface area contributed by atoms with Crippen molar-refractivity contribution in [3.05, 3.63) is 65.4 Å². The second-order valence-electron chi connectivity index (χ2n) is 6.98. The van der Waals surface area contributed by atoms with Gasteiger partial charge in [0.15, 0.2) is 0 Å². The third-order valence-electron chi connectivity index (χ3n) is 5.25. The first kappa shape index (κ1) is 18.1. The standard InChI is InChI=1S/C21H24N2O3S/c1-26-17-9-10-20-19(14-17)18-11-12-23(15-21(18)22-20)27(24,25)13-5-8-16-6-3-2-4-7-16/h2-4,6-7,9-10,14,22H,5,8,11-13,15H2,1H3. The molecular weight excluding hydrogens is 360 g/mol. The second kappa shape index (κ2) is 7.37. The van der Waals surface area contributed by atoms with E-state index in [-0.39, 0.29) is 5.75 Å².